The Morgan fingerprint density at radius 3 is 2.67 bits per heavy atom. The molecule has 0 aliphatic heterocycles. The van der Waals surface area contributed by atoms with E-state index >= 15 is 0 Å². The number of aryl methyl sites for hydroxylation is 1. The van der Waals surface area contributed by atoms with Crippen molar-refractivity contribution >= 4 is 23.3 Å². The van der Waals surface area contributed by atoms with Crippen LogP contribution in [0.15, 0.2) is 10.8 Å². The molecule has 3 amide bonds. The van der Waals surface area contributed by atoms with Crippen molar-refractivity contribution in [3.8, 4) is 0 Å². The largest absolute Gasteiger partial charge is 0.338 e. The van der Waals surface area contributed by atoms with E-state index in [0.29, 0.717) is 13.1 Å². The Morgan fingerprint density at radius 1 is 1.39 bits per heavy atom. The lowest BCUT2D eigenvalue weighted by atomic mass is 10.2. The Balaban J connectivity index is 2.36. The second kappa shape index (κ2) is 7.13. The molecule has 1 atom stereocenters. The smallest absolute Gasteiger partial charge is 0.321 e. The van der Waals surface area contributed by atoms with Crippen molar-refractivity contribution in [1.29, 1.82) is 0 Å². The third-order valence-corrected chi connectivity index (χ3v) is 3.44. The van der Waals surface area contributed by atoms with Crippen molar-refractivity contribution in [3.05, 3.63) is 21.9 Å². The summed E-state index contributed by atoms with van der Waals surface area (Å²) in [6.07, 6.45) is 0. The predicted molar refractivity (Wildman–Crippen MR) is 72.6 cm³/mol. The van der Waals surface area contributed by atoms with Crippen molar-refractivity contribution in [1.82, 2.24) is 16.0 Å². The molecule has 0 saturated heterocycles. The van der Waals surface area contributed by atoms with Crippen LogP contribution in [0.5, 0.6) is 0 Å². The van der Waals surface area contributed by atoms with Crippen LogP contribution in [0.2, 0.25) is 0 Å². The second-order valence-corrected chi connectivity index (χ2v) is 4.77. The number of hydrogen-bond acceptors (Lipinski definition) is 4. The predicted octanol–water partition coefficient (Wildman–Crippen LogP) is 1.38. The first-order chi connectivity index (χ1) is 8.54. The van der Waals surface area contributed by atoms with E-state index in [1.54, 1.807) is 25.2 Å². The number of imide groups is 1. The van der Waals surface area contributed by atoms with Crippen molar-refractivity contribution < 1.29 is 9.59 Å². The van der Waals surface area contributed by atoms with E-state index in [-0.39, 0.29) is 5.91 Å². The van der Waals surface area contributed by atoms with Gasteiger partial charge in [-0.05, 0) is 42.7 Å². The van der Waals surface area contributed by atoms with Gasteiger partial charge in [0.25, 0.3) is 0 Å². The molecule has 0 aliphatic carbocycles. The fourth-order valence-electron chi connectivity index (χ4n) is 1.35. The molecule has 3 N–H and O–H groups in total. The number of amides is 3. The van der Waals surface area contributed by atoms with Gasteiger partial charge in [-0.25, -0.2) is 4.79 Å². The fourth-order valence-corrected chi connectivity index (χ4v) is 2.21. The molecule has 1 rings (SSSR count). The average molecular weight is 269 g/mol. The average Bonchev–Trinajstić information content (AvgIpc) is 2.72. The van der Waals surface area contributed by atoms with Gasteiger partial charge in [0.15, 0.2) is 0 Å². The van der Waals surface area contributed by atoms with Gasteiger partial charge in [0, 0.05) is 13.1 Å². The van der Waals surface area contributed by atoms with E-state index in [1.165, 1.54) is 11.1 Å². The van der Waals surface area contributed by atoms with Crippen LogP contribution in [0.4, 0.5) is 4.79 Å². The highest BCUT2D eigenvalue weighted by molar-refractivity contribution is 7.08. The summed E-state index contributed by atoms with van der Waals surface area (Å²) in [6, 6.07) is -0.866. The molecule has 1 aromatic heterocycles. The SMILES string of the molecule is CCNC(=O)NC(=O)C(C)NCc1cscc1C. The number of nitrogens with one attached hydrogen (secondary N) is 3. The van der Waals surface area contributed by atoms with Crippen LogP contribution in [-0.2, 0) is 11.3 Å². The van der Waals surface area contributed by atoms with Crippen LogP contribution in [-0.4, -0.2) is 24.5 Å². The minimum Gasteiger partial charge on any atom is -0.338 e. The Morgan fingerprint density at radius 2 is 2.11 bits per heavy atom. The number of carbonyl (C=O) groups is 2. The molecule has 0 aliphatic rings. The molecule has 0 aromatic carbocycles. The molecule has 1 aromatic rings. The van der Waals surface area contributed by atoms with E-state index < -0.39 is 12.1 Å². The molecule has 6 heteroatoms. The second-order valence-electron chi connectivity index (χ2n) is 4.03. The Kier molecular flexibility index (Phi) is 5.80. The lowest BCUT2D eigenvalue weighted by molar-refractivity contribution is -0.121. The summed E-state index contributed by atoms with van der Waals surface area (Å²) < 4.78 is 0. The molecule has 1 unspecified atom stereocenters. The molecule has 0 fully saturated rings. The van der Waals surface area contributed by atoms with Gasteiger partial charge < -0.3 is 10.6 Å². The summed E-state index contributed by atoms with van der Waals surface area (Å²) in [5.74, 6) is -0.325. The maximum Gasteiger partial charge on any atom is 0.321 e. The topological polar surface area (TPSA) is 70.2 Å². The van der Waals surface area contributed by atoms with Crippen LogP contribution in [0, 0.1) is 6.92 Å². The van der Waals surface area contributed by atoms with Crippen molar-refractivity contribution in [3.63, 3.8) is 0 Å². The summed E-state index contributed by atoms with van der Waals surface area (Å²) in [6.45, 7) is 6.68. The minimum atomic E-state index is -0.456. The van der Waals surface area contributed by atoms with Crippen LogP contribution < -0.4 is 16.0 Å². The molecule has 18 heavy (non-hydrogen) atoms. The van der Waals surface area contributed by atoms with Crippen LogP contribution in [0.3, 0.4) is 0 Å². The van der Waals surface area contributed by atoms with Crippen molar-refractivity contribution in [2.75, 3.05) is 6.54 Å². The van der Waals surface area contributed by atoms with E-state index in [4.69, 9.17) is 0 Å². The molecule has 0 spiro atoms. The summed E-state index contributed by atoms with van der Waals surface area (Å²) in [4.78, 5) is 22.8. The van der Waals surface area contributed by atoms with Gasteiger partial charge in [0.1, 0.15) is 0 Å². The van der Waals surface area contributed by atoms with E-state index in [1.807, 2.05) is 6.92 Å². The molecule has 1 heterocycles. The monoisotopic (exact) mass is 269 g/mol. The fraction of sp³-hybridized carbons (Fsp3) is 0.500. The number of rotatable bonds is 5. The quantitative estimate of drug-likeness (QED) is 0.756. The number of thiophene rings is 1. The van der Waals surface area contributed by atoms with Gasteiger partial charge in [-0.1, -0.05) is 0 Å². The van der Waals surface area contributed by atoms with E-state index in [0.717, 1.165) is 0 Å². The maximum absolute atomic E-state index is 11.6. The summed E-state index contributed by atoms with van der Waals surface area (Å²) in [5, 5.41) is 12.0. The number of hydrogen-bond donors (Lipinski definition) is 3. The zero-order chi connectivity index (χ0) is 13.5. The Hall–Kier alpha value is -1.40. The molecular weight excluding hydrogens is 250 g/mol. The third kappa shape index (κ3) is 4.46. The first-order valence-electron chi connectivity index (χ1n) is 5.88. The Bertz CT molecular complexity index is 417. The summed E-state index contributed by atoms with van der Waals surface area (Å²) in [7, 11) is 0. The highest BCUT2D eigenvalue weighted by atomic mass is 32.1. The summed E-state index contributed by atoms with van der Waals surface area (Å²) in [5.41, 5.74) is 2.39. The van der Waals surface area contributed by atoms with Gasteiger partial charge in [-0.3, -0.25) is 10.1 Å². The highest BCUT2D eigenvalue weighted by Crippen LogP contribution is 2.13. The lowest BCUT2D eigenvalue weighted by Crippen LogP contribution is -2.47. The van der Waals surface area contributed by atoms with Gasteiger partial charge >= 0.3 is 6.03 Å². The van der Waals surface area contributed by atoms with Crippen LogP contribution in [0.1, 0.15) is 25.0 Å². The molecule has 0 radical (unpaired) electrons. The van der Waals surface area contributed by atoms with Gasteiger partial charge in [0.05, 0.1) is 6.04 Å². The highest BCUT2D eigenvalue weighted by Gasteiger charge is 2.15. The van der Waals surface area contributed by atoms with E-state index in [9.17, 15) is 9.59 Å². The van der Waals surface area contributed by atoms with Crippen molar-refractivity contribution in [2.24, 2.45) is 0 Å². The normalized spacial score (nSPS) is 11.9. The lowest BCUT2D eigenvalue weighted by Gasteiger charge is -2.13. The molecule has 100 valence electrons. The zero-order valence-corrected chi connectivity index (χ0v) is 11.7. The molecular formula is C12H19N3O2S. The minimum absolute atomic E-state index is 0.325. The number of urea groups is 1. The standard InChI is InChI=1S/C12H19N3O2S/c1-4-13-12(17)15-11(16)9(3)14-5-10-7-18-6-8(10)2/h6-7,9,14H,4-5H2,1-3H3,(H2,13,15,16,17). The first kappa shape index (κ1) is 14.7. The zero-order valence-electron chi connectivity index (χ0n) is 10.9. The number of carbonyl (C=O) groups excluding carboxylic acids is 2. The van der Waals surface area contributed by atoms with Crippen molar-refractivity contribution in [2.45, 2.75) is 33.4 Å². The first-order valence-corrected chi connectivity index (χ1v) is 6.82. The molecule has 5 nitrogen and oxygen atoms in total. The maximum atomic E-state index is 11.6. The Labute approximate surface area is 111 Å². The van der Waals surface area contributed by atoms with E-state index in [2.05, 4.69) is 26.7 Å². The van der Waals surface area contributed by atoms with Gasteiger partial charge in [-0.2, -0.15) is 11.3 Å². The van der Waals surface area contributed by atoms with Crippen LogP contribution in [0.25, 0.3) is 0 Å². The molecule has 0 bridgehead atoms. The van der Waals surface area contributed by atoms with Gasteiger partial charge in [-0.15, -0.1) is 0 Å². The third-order valence-electron chi connectivity index (χ3n) is 2.53. The molecule has 0 saturated carbocycles. The summed E-state index contributed by atoms with van der Waals surface area (Å²) >= 11 is 1.64. The van der Waals surface area contributed by atoms with Gasteiger partial charge in [0.2, 0.25) is 5.91 Å². The van der Waals surface area contributed by atoms with Crippen LogP contribution >= 0.6 is 11.3 Å².